The van der Waals surface area contributed by atoms with Gasteiger partial charge in [-0.05, 0) is 72.1 Å². The minimum atomic E-state index is -1.68. The topological polar surface area (TPSA) is 80.7 Å². The Morgan fingerprint density at radius 1 is 1.05 bits per heavy atom. The number of carbonyl (C=O) groups is 3. The number of carbonyl (C=O) groups excluding carboxylic acids is 3. The van der Waals surface area contributed by atoms with E-state index in [1.54, 1.807) is 38.1 Å². The fourth-order valence-electron chi connectivity index (χ4n) is 6.75. The second-order valence-electron chi connectivity index (χ2n) is 13.1. The first-order valence-corrected chi connectivity index (χ1v) is 13.7. The van der Waals surface area contributed by atoms with Crippen molar-refractivity contribution in [1.82, 2.24) is 0 Å². The van der Waals surface area contributed by atoms with Gasteiger partial charge in [0.25, 0.3) is 0 Å². The van der Waals surface area contributed by atoms with Crippen LogP contribution in [0.4, 0.5) is 0 Å². The van der Waals surface area contributed by atoms with Crippen molar-refractivity contribution >= 4 is 17.3 Å². The minimum Gasteiger partial charge on any atom is -0.489 e. The van der Waals surface area contributed by atoms with Gasteiger partial charge in [-0.2, -0.15) is 0 Å². The fraction of sp³-hybridized carbons (Fsp3) is 0.545. The van der Waals surface area contributed by atoms with Crippen LogP contribution in [0.2, 0.25) is 0 Å². The molecule has 0 radical (unpaired) electrons. The summed E-state index contributed by atoms with van der Waals surface area (Å²) in [5.41, 5.74) is -2.16. The third-order valence-corrected chi connectivity index (χ3v) is 9.16. The number of fused-ring (bicyclic) bond motifs is 3. The molecule has 1 aliphatic heterocycles. The molecule has 1 fully saturated rings. The predicted octanol–water partition coefficient (Wildman–Crippen LogP) is 6.57. The Hall–Kier alpha value is -2.79. The van der Waals surface area contributed by atoms with E-state index in [-0.39, 0.29) is 41.9 Å². The van der Waals surface area contributed by atoms with Crippen LogP contribution < -0.4 is 0 Å². The summed E-state index contributed by atoms with van der Waals surface area (Å²) in [6.45, 7) is 15.2. The van der Waals surface area contributed by atoms with Gasteiger partial charge < -0.3 is 9.84 Å². The van der Waals surface area contributed by atoms with Gasteiger partial charge in [0.05, 0.1) is 11.0 Å². The maximum Gasteiger partial charge on any atom is 0.184 e. The Bertz CT molecular complexity index is 1250. The first-order valence-electron chi connectivity index (χ1n) is 13.7. The van der Waals surface area contributed by atoms with Gasteiger partial charge in [-0.25, -0.2) is 0 Å². The Morgan fingerprint density at radius 2 is 1.66 bits per heavy atom. The molecule has 204 valence electrons. The quantitative estimate of drug-likeness (QED) is 0.251. The number of hydrogen-bond donors (Lipinski definition) is 1. The molecular weight excluding hydrogens is 476 g/mol. The Balaban J connectivity index is 2.08. The zero-order chi connectivity index (χ0) is 28.3. The zero-order valence-electron chi connectivity index (χ0n) is 24.1. The van der Waals surface area contributed by atoms with Crippen molar-refractivity contribution in [3.63, 3.8) is 0 Å². The molecule has 1 N–H and O–H groups in total. The molecule has 1 heterocycles. The summed E-state index contributed by atoms with van der Waals surface area (Å²) in [6.07, 6.45) is 4.83. The number of Topliss-reactive ketones (excluding diaryl/α,β-unsaturated/α-hetero) is 3. The van der Waals surface area contributed by atoms with Crippen LogP contribution in [0.5, 0.6) is 0 Å². The average molecular weight is 519 g/mol. The van der Waals surface area contributed by atoms with E-state index in [0.29, 0.717) is 24.0 Å². The van der Waals surface area contributed by atoms with Crippen molar-refractivity contribution < 1.29 is 24.2 Å². The lowest BCUT2D eigenvalue weighted by Crippen LogP contribution is -2.68. The molecule has 1 aromatic carbocycles. The first kappa shape index (κ1) is 28.2. The van der Waals surface area contributed by atoms with Gasteiger partial charge in [0.1, 0.15) is 11.9 Å². The number of aliphatic hydroxyl groups is 1. The Kier molecular flexibility index (Phi) is 7.01. The van der Waals surface area contributed by atoms with E-state index in [0.717, 1.165) is 11.1 Å². The largest absolute Gasteiger partial charge is 0.489 e. The molecule has 4 rings (SSSR count). The minimum absolute atomic E-state index is 0.129. The lowest BCUT2D eigenvalue weighted by atomic mass is 9.39. The Morgan fingerprint density at radius 3 is 2.21 bits per heavy atom. The molecule has 2 aliphatic carbocycles. The Labute approximate surface area is 227 Å². The van der Waals surface area contributed by atoms with Crippen LogP contribution in [0.3, 0.4) is 0 Å². The van der Waals surface area contributed by atoms with Gasteiger partial charge in [0, 0.05) is 17.6 Å². The maximum absolute atomic E-state index is 15.0. The van der Waals surface area contributed by atoms with E-state index in [2.05, 4.69) is 6.08 Å². The molecular formula is C33H42O5. The summed E-state index contributed by atoms with van der Waals surface area (Å²) in [6, 6.07) is 8.89. The van der Waals surface area contributed by atoms with Crippen molar-refractivity contribution in [2.45, 2.75) is 92.8 Å². The summed E-state index contributed by atoms with van der Waals surface area (Å²) in [4.78, 5) is 44.2. The molecule has 1 aromatic rings. The highest BCUT2D eigenvalue weighted by molar-refractivity contribution is 6.30. The SMILES string of the molecule is CC(C)=CC[C@@H]1C[C@@]2(CC=C(C)C)C(=O)C3=C(O[C@@H](C(C)(C)O)C3)[C@](C(=O)c3ccccc3)(C2=O)C1(C)C. The lowest BCUT2D eigenvalue weighted by Gasteiger charge is -2.59. The molecule has 0 amide bonds. The van der Waals surface area contributed by atoms with Crippen LogP contribution in [-0.2, 0) is 14.3 Å². The van der Waals surface area contributed by atoms with E-state index in [1.165, 1.54) is 0 Å². The first-order chi connectivity index (χ1) is 17.6. The molecule has 0 aromatic heterocycles. The van der Waals surface area contributed by atoms with Crippen molar-refractivity contribution in [2.75, 3.05) is 0 Å². The van der Waals surface area contributed by atoms with E-state index in [1.807, 2.05) is 53.7 Å². The van der Waals surface area contributed by atoms with Crippen LogP contribution >= 0.6 is 0 Å². The molecule has 4 atom stereocenters. The summed E-state index contributed by atoms with van der Waals surface area (Å²) in [5, 5.41) is 10.9. The van der Waals surface area contributed by atoms with E-state index < -0.39 is 27.9 Å². The van der Waals surface area contributed by atoms with Gasteiger partial charge in [0.15, 0.2) is 22.8 Å². The number of ether oxygens (including phenoxy) is 1. The highest BCUT2D eigenvalue weighted by Gasteiger charge is 2.76. The van der Waals surface area contributed by atoms with Gasteiger partial charge in [-0.3, -0.25) is 14.4 Å². The summed E-state index contributed by atoms with van der Waals surface area (Å²) in [7, 11) is 0. The van der Waals surface area contributed by atoms with E-state index in [9.17, 15) is 14.7 Å². The number of benzene rings is 1. The van der Waals surface area contributed by atoms with Crippen LogP contribution in [0, 0.1) is 22.2 Å². The van der Waals surface area contributed by atoms with Gasteiger partial charge >= 0.3 is 0 Å². The average Bonchev–Trinajstić information content (AvgIpc) is 3.29. The maximum atomic E-state index is 15.0. The van der Waals surface area contributed by atoms with Crippen molar-refractivity contribution in [1.29, 1.82) is 0 Å². The van der Waals surface area contributed by atoms with Crippen molar-refractivity contribution in [3.8, 4) is 0 Å². The highest BCUT2D eigenvalue weighted by Crippen LogP contribution is 2.68. The predicted molar refractivity (Wildman–Crippen MR) is 148 cm³/mol. The van der Waals surface area contributed by atoms with Gasteiger partial charge in [0.2, 0.25) is 0 Å². The molecule has 1 saturated carbocycles. The monoisotopic (exact) mass is 518 g/mol. The summed E-state index contributed by atoms with van der Waals surface area (Å²) in [5.74, 6) is -0.872. The van der Waals surface area contributed by atoms with Crippen molar-refractivity contribution in [3.05, 3.63) is 70.5 Å². The van der Waals surface area contributed by atoms with E-state index >= 15 is 4.79 Å². The molecule has 0 unspecified atom stereocenters. The lowest BCUT2D eigenvalue weighted by molar-refractivity contribution is -0.165. The zero-order valence-corrected chi connectivity index (χ0v) is 24.1. The molecule has 38 heavy (non-hydrogen) atoms. The van der Waals surface area contributed by atoms with Gasteiger partial charge in [-0.1, -0.05) is 67.5 Å². The molecule has 0 spiro atoms. The molecule has 2 bridgehead atoms. The summed E-state index contributed by atoms with van der Waals surface area (Å²) < 4.78 is 6.42. The van der Waals surface area contributed by atoms with Gasteiger partial charge in [-0.15, -0.1) is 0 Å². The number of ketones is 3. The van der Waals surface area contributed by atoms with Crippen LogP contribution in [0.1, 0.15) is 91.4 Å². The third-order valence-electron chi connectivity index (χ3n) is 9.16. The van der Waals surface area contributed by atoms with E-state index in [4.69, 9.17) is 4.74 Å². The molecule has 5 nitrogen and oxygen atoms in total. The molecule has 0 saturated heterocycles. The highest BCUT2D eigenvalue weighted by atomic mass is 16.5. The normalized spacial score (nSPS) is 29.9. The van der Waals surface area contributed by atoms with Crippen molar-refractivity contribution in [2.24, 2.45) is 22.2 Å². The number of rotatable bonds is 7. The van der Waals surface area contributed by atoms with Crippen LogP contribution in [0.25, 0.3) is 0 Å². The summed E-state index contributed by atoms with van der Waals surface area (Å²) >= 11 is 0. The molecule has 5 heteroatoms. The number of allylic oxidation sites excluding steroid dienone is 5. The number of hydrogen-bond acceptors (Lipinski definition) is 5. The molecule has 3 aliphatic rings. The smallest absolute Gasteiger partial charge is 0.184 e. The standard InChI is InChI=1S/C33H42O5/c1-20(2)14-15-23-19-32(17-16-21(3)4)27(35)24-18-25(31(7,8)37)38-28(24)33(29(32)36,30(23,5)6)26(34)22-12-10-9-11-13-22/h9-14,16,23,25,37H,15,17-19H2,1-8H3/t23-,25-,32+,33-/m1/s1. The van der Waals surface area contributed by atoms with Crippen LogP contribution in [0.15, 0.2) is 65.0 Å². The second-order valence-corrected chi connectivity index (χ2v) is 13.1. The second kappa shape index (κ2) is 9.44. The fourth-order valence-corrected chi connectivity index (χ4v) is 6.75. The van der Waals surface area contributed by atoms with Crippen LogP contribution in [-0.4, -0.2) is 34.2 Å². The third kappa shape index (κ3) is 4.05.